The third kappa shape index (κ3) is 1.77. The second-order valence-corrected chi connectivity index (χ2v) is 6.82. The van der Waals surface area contributed by atoms with Crippen LogP contribution in [0.15, 0.2) is 42.7 Å². The van der Waals surface area contributed by atoms with Crippen molar-refractivity contribution >= 4 is 16.6 Å². The van der Waals surface area contributed by atoms with E-state index in [0.717, 1.165) is 11.4 Å². The van der Waals surface area contributed by atoms with Gasteiger partial charge in [0.15, 0.2) is 0 Å². The molecule has 1 atom stereocenters. The highest BCUT2D eigenvalue weighted by molar-refractivity contribution is 6.01. The molecule has 0 bridgehead atoms. The maximum absolute atomic E-state index is 4.62. The van der Waals surface area contributed by atoms with Crippen LogP contribution in [0.25, 0.3) is 22.2 Å². The molecular weight excluding hydrogens is 258 g/mol. The molecule has 3 nitrogen and oxygen atoms in total. The lowest BCUT2D eigenvalue weighted by Crippen LogP contribution is -2.25. The minimum Gasteiger partial charge on any atom is -0.376 e. The summed E-state index contributed by atoms with van der Waals surface area (Å²) in [6.45, 7) is 6.81. The molecule has 3 heterocycles. The first kappa shape index (κ1) is 12.5. The lowest BCUT2D eigenvalue weighted by atomic mass is 9.82. The lowest BCUT2D eigenvalue weighted by molar-refractivity contribution is 0.349. The average Bonchev–Trinajstić information content (AvgIpc) is 2.80. The molecule has 0 radical (unpaired) electrons. The van der Waals surface area contributed by atoms with E-state index in [4.69, 9.17) is 0 Å². The van der Waals surface area contributed by atoms with Crippen molar-refractivity contribution in [2.45, 2.75) is 26.8 Å². The molecule has 0 amide bonds. The second kappa shape index (κ2) is 4.10. The molecule has 106 valence electrons. The summed E-state index contributed by atoms with van der Waals surface area (Å²) in [6, 6.07) is 10.8. The molecule has 0 fully saturated rings. The van der Waals surface area contributed by atoms with Gasteiger partial charge in [-0.3, -0.25) is 4.98 Å². The summed E-state index contributed by atoms with van der Waals surface area (Å²) in [5.41, 5.74) is 5.97. The fourth-order valence-corrected chi connectivity index (χ4v) is 3.29. The summed E-state index contributed by atoms with van der Waals surface area (Å²) in [4.78, 5) is 8.04. The second-order valence-electron chi connectivity index (χ2n) is 6.82. The van der Waals surface area contributed by atoms with E-state index >= 15 is 0 Å². The molecule has 1 unspecified atom stereocenters. The molecule has 0 saturated carbocycles. The van der Waals surface area contributed by atoms with Gasteiger partial charge in [0.25, 0.3) is 0 Å². The van der Waals surface area contributed by atoms with Gasteiger partial charge in [-0.1, -0.05) is 32.9 Å². The van der Waals surface area contributed by atoms with Gasteiger partial charge in [0, 0.05) is 34.4 Å². The number of hydrogen-bond acceptors (Lipinski definition) is 2. The number of benzene rings is 1. The van der Waals surface area contributed by atoms with Crippen molar-refractivity contribution in [3.05, 3.63) is 48.3 Å². The monoisotopic (exact) mass is 277 g/mol. The Morgan fingerprint density at radius 1 is 1.10 bits per heavy atom. The number of hydrogen-bond donors (Lipinski definition) is 2. The summed E-state index contributed by atoms with van der Waals surface area (Å²) in [7, 11) is 0. The largest absolute Gasteiger partial charge is 0.376 e. The Hall–Kier alpha value is -2.29. The van der Waals surface area contributed by atoms with E-state index in [-0.39, 0.29) is 11.5 Å². The molecule has 1 aromatic carbocycles. The number of H-pyrrole nitrogens is 1. The van der Waals surface area contributed by atoms with E-state index in [2.05, 4.69) is 66.5 Å². The SMILES string of the molecule is CC(C)(C)C1Nc2cccnc2-c2cccc3[nH]cc1c23. The van der Waals surface area contributed by atoms with Crippen molar-refractivity contribution in [3.63, 3.8) is 0 Å². The Morgan fingerprint density at radius 3 is 2.76 bits per heavy atom. The summed E-state index contributed by atoms with van der Waals surface area (Å²) in [6.07, 6.45) is 4.01. The highest BCUT2D eigenvalue weighted by Gasteiger charge is 2.32. The molecule has 2 aromatic heterocycles. The fourth-order valence-electron chi connectivity index (χ4n) is 3.29. The van der Waals surface area contributed by atoms with Gasteiger partial charge in [-0.05, 0) is 23.6 Å². The molecule has 3 aromatic rings. The van der Waals surface area contributed by atoms with Crippen LogP contribution in [0.4, 0.5) is 5.69 Å². The zero-order chi connectivity index (χ0) is 14.6. The van der Waals surface area contributed by atoms with Gasteiger partial charge in [-0.15, -0.1) is 0 Å². The van der Waals surface area contributed by atoms with Gasteiger partial charge < -0.3 is 10.3 Å². The smallest absolute Gasteiger partial charge is 0.0940 e. The first-order chi connectivity index (χ1) is 10.1. The molecule has 3 heteroatoms. The van der Waals surface area contributed by atoms with Crippen LogP contribution < -0.4 is 5.32 Å². The zero-order valence-electron chi connectivity index (χ0n) is 12.6. The minimum atomic E-state index is 0.111. The summed E-state index contributed by atoms with van der Waals surface area (Å²) >= 11 is 0. The molecular formula is C18H19N3. The van der Waals surface area contributed by atoms with E-state index in [9.17, 15) is 0 Å². The first-order valence-corrected chi connectivity index (χ1v) is 7.37. The molecule has 4 rings (SSSR count). The van der Waals surface area contributed by atoms with Crippen LogP contribution in [-0.4, -0.2) is 9.97 Å². The summed E-state index contributed by atoms with van der Waals surface area (Å²) in [5.74, 6) is 0. The first-order valence-electron chi connectivity index (χ1n) is 7.37. The van der Waals surface area contributed by atoms with E-state index in [1.165, 1.54) is 22.0 Å². The van der Waals surface area contributed by atoms with Gasteiger partial charge in [-0.2, -0.15) is 0 Å². The van der Waals surface area contributed by atoms with Crippen molar-refractivity contribution in [2.75, 3.05) is 5.32 Å². The Labute approximate surface area is 124 Å². The van der Waals surface area contributed by atoms with Crippen molar-refractivity contribution in [3.8, 4) is 11.3 Å². The highest BCUT2D eigenvalue weighted by Crippen LogP contribution is 2.46. The fraction of sp³-hybridized carbons (Fsp3) is 0.278. The maximum Gasteiger partial charge on any atom is 0.0940 e. The van der Waals surface area contributed by atoms with E-state index in [1.807, 2.05) is 12.3 Å². The molecule has 1 aliphatic heterocycles. The summed E-state index contributed by atoms with van der Waals surface area (Å²) in [5, 5.41) is 5.00. The molecule has 0 saturated heterocycles. The van der Waals surface area contributed by atoms with Crippen LogP contribution in [-0.2, 0) is 0 Å². The van der Waals surface area contributed by atoms with Gasteiger partial charge in [0.05, 0.1) is 17.4 Å². The number of rotatable bonds is 0. The van der Waals surface area contributed by atoms with Gasteiger partial charge in [0.2, 0.25) is 0 Å². The number of aromatic nitrogens is 2. The number of nitrogens with one attached hydrogen (secondary N) is 2. The van der Waals surface area contributed by atoms with Crippen molar-refractivity contribution in [1.82, 2.24) is 9.97 Å². The molecule has 21 heavy (non-hydrogen) atoms. The number of nitrogens with zero attached hydrogens (tertiary/aromatic N) is 1. The Kier molecular flexibility index (Phi) is 2.43. The van der Waals surface area contributed by atoms with Crippen LogP contribution in [0.5, 0.6) is 0 Å². The molecule has 1 aliphatic rings. The van der Waals surface area contributed by atoms with Gasteiger partial charge in [0.1, 0.15) is 0 Å². The van der Waals surface area contributed by atoms with Crippen LogP contribution in [0, 0.1) is 5.41 Å². The predicted octanol–water partition coefficient (Wildman–Crippen LogP) is 4.74. The van der Waals surface area contributed by atoms with E-state index in [1.54, 1.807) is 0 Å². The summed E-state index contributed by atoms with van der Waals surface area (Å²) < 4.78 is 0. The molecule has 2 N–H and O–H groups in total. The van der Waals surface area contributed by atoms with E-state index < -0.39 is 0 Å². The Balaban J connectivity index is 2.12. The van der Waals surface area contributed by atoms with Crippen molar-refractivity contribution in [2.24, 2.45) is 5.41 Å². The van der Waals surface area contributed by atoms with Crippen LogP contribution in [0.3, 0.4) is 0 Å². The highest BCUT2D eigenvalue weighted by atomic mass is 15.0. The molecule has 0 aliphatic carbocycles. The topological polar surface area (TPSA) is 40.7 Å². The lowest BCUT2D eigenvalue weighted by Gasteiger charge is -2.31. The normalized spacial score (nSPS) is 17.2. The van der Waals surface area contributed by atoms with Gasteiger partial charge >= 0.3 is 0 Å². The number of pyridine rings is 1. The Morgan fingerprint density at radius 2 is 1.95 bits per heavy atom. The standard InChI is InChI=1S/C18H19N3/c1-18(2,3)17-12-10-20-13-7-4-6-11(15(12)13)16-14(21-17)8-5-9-19-16/h4-10,17,20-21H,1-3H3. The van der Waals surface area contributed by atoms with Crippen LogP contribution in [0.1, 0.15) is 32.4 Å². The quantitative estimate of drug-likeness (QED) is 0.623. The third-order valence-corrected chi connectivity index (χ3v) is 4.28. The number of fused-ring (bicyclic) bond motifs is 2. The number of anilines is 1. The minimum absolute atomic E-state index is 0.111. The average molecular weight is 277 g/mol. The van der Waals surface area contributed by atoms with Crippen LogP contribution >= 0.6 is 0 Å². The molecule has 0 spiro atoms. The van der Waals surface area contributed by atoms with E-state index in [0.29, 0.717) is 0 Å². The maximum atomic E-state index is 4.62. The number of aromatic amines is 1. The predicted molar refractivity (Wildman–Crippen MR) is 87.3 cm³/mol. The van der Waals surface area contributed by atoms with Crippen molar-refractivity contribution < 1.29 is 0 Å². The van der Waals surface area contributed by atoms with Crippen molar-refractivity contribution in [1.29, 1.82) is 0 Å². The zero-order valence-corrected chi connectivity index (χ0v) is 12.6. The third-order valence-electron chi connectivity index (χ3n) is 4.28. The van der Waals surface area contributed by atoms with Crippen LogP contribution in [0.2, 0.25) is 0 Å². The van der Waals surface area contributed by atoms with Gasteiger partial charge in [-0.25, -0.2) is 0 Å². The Bertz CT molecular complexity index is 824.